The maximum Gasteiger partial charge on any atom is 0.308 e. The van der Waals surface area contributed by atoms with Crippen molar-refractivity contribution in [3.05, 3.63) is 97.1 Å². The number of hydrogen-bond donors (Lipinski definition) is 1. The normalized spacial score (nSPS) is 10.9. The zero-order valence-electron chi connectivity index (χ0n) is 17.1. The molecule has 0 unspecified atom stereocenters. The summed E-state index contributed by atoms with van der Waals surface area (Å²) in [5, 5.41) is 5.74. The molecule has 5 nitrogen and oxygen atoms in total. The van der Waals surface area contributed by atoms with Gasteiger partial charge >= 0.3 is 4.87 Å². The van der Waals surface area contributed by atoms with E-state index in [1.807, 2.05) is 42.5 Å². The SMILES string of the molecule is COc1ccc(Cl)cc1Cn1c(C)c(C(=O)NCc2cccc3ccccc23)sc1=O. The molecule has 0 spiro atoms. The number of nitrogens with one attached hydrogen (secondary N) is 1. The van der Waals surface area contributed by atoms with E-state index in [9.17, 15) is 9.59 Å². The second kappa shape index (κ2) is 8.96. The summed E-state index contributed by atoms with van der Waals surface area (Å²) in [7, 11) is 1.57. The number of rotatable bonds is 6. The molecule has 0 saturated heterocycles. The summed E-state index contributed by atoms with van der Waals surface area (Å²) in [5.74, 6) is 0.383. The van der Waals surface area contributed by atoms with E-state index in [1.54, 1.807) is 36.8 Å². The number of carbonyl (C=O) groups is 1. The predicted octanol–water partition coefficient (Wildman–Crippen LogP) is 5.01. The molecule has 1 N–H and O–H groups in total. The van der Waals surface area contributed by atoms with Crippen LogP contribution in [0.4, 0.5) is 0 Å². The lowest BCUT2D eigenvalue weighted by Crippen LogP contribution is -2.23. The quantitative estimate of drug-likeness (QED) is 0.447. The van der Waals surface area contributed by atoms with Crippen LogP contribution in [-0.4, -0.2) is 17.6 Å². The first-order chi connectivity index (χ1) is 15.0. The Morgan fingerprint density at radius 3 is 2.68 bits per heavy atom. The molecule has 31 heavy (non-hydrogen) atoms. The Morgan fingerprint density at radius 1 is 1.10 bits per heavy atom. The molecule has 0 saturated carbocycles. The Morgan fingerprint density at radius 2 is 1.87 bits per heavy atom. The summed E-state index contributed by atoms with van der Waals surface area (Å²) in [4.78, 5) is 25.7. The standard InChI is InChI=1S/C24H21ClN2O3S/c1-15-22(23(28)26-13-17-8-5-7-16-6-3-4-9-20(16)17)31-24(29)27(15)14-18-12-19(25)10-11-21(18)30-2/h3-12H,13-14H2,1-2H3,(H,26,28). The van der Waals surface area contributed by atoms with Gasteiger partial charge in [-0.15, -0.1) is 0 Å². The van der Waals surface area contributed by atoms with Crippen LogP contribution in [-0.2, 0) is 13.1 Å². The highest BCUT2D eigenvalue weighted by Gasteiger charge is 2.19. The first-order valence-electron chi connectivity index (χ1n) is 9.75. The number of thiazole rings is 1. The third-order valence-electron chi connectivity index (χ3n) is 5.24. The van der Waals surface area contributed by atoms with Crippen LogP contribution in [0, 0.1) is 6.92 Å². The van der Waals surface area contributed by atoms with Gasteiger partial charge in [0.2, 0.25) is 0 Å². The van der Waals surface area contributed by atoms with Crippen molar-refractivity contribution in [3.8, 4) is 5.75 Å². The zero-order chi connectivity index (χ0) is 22.0. The largest absolute Gasteiger partial charge is 0.496 e. The average Bonchev–Trinajstić information content (AvgIpc) is 3.06. The fraction of sp³-hybridized carbons (Fsp3) is 0.167. The van der Waals surface area contributed by atoms with Crippen LogP contribution in [0.5, 0.6) is 5.75 Å². The molecule has 0 aliphatic carbocycles. The number of hydrogen-bond acceptors (Lipinski definition) is 4. The van der Waals surface area contributed by atoms with Crippen LogP contribution >= 0.6 is 22.9 Å². The minimum Gasteiger partial charge on any atom is -0.496 e. The molecular formula is C24H21ClN2O3S. The molecule has 0 fully saturated rings. The summed E-state index contributed by atoms with van der Waals surface area (Å²) in [5.41, 5.74) is 2.42. The number of fused-ring (bicyclic) bond motifs is 1. The van der Waals surface area contributed by atoms with Gasteiger partial charge in [-0.05, 0) is 41.5 Å². The van der Waals surface area contributed by atoms with E-state index < -0.39 is 0 Å². The van der Waals surface area contributed by atoms with Gasteiger partial charge in [-0.1, -0.05) is 65.4 Å². The van der Waals surface area contributed by atoms with E-state index in [-0.39, 0.29) is 17.3 Å². The first kappa shape index (κ1) is 21.2. The van der Waals surface area contributed by atoms with E-state index >= 15 is 0 Å². The zero-order valence-corrected chi connectivity index (χ0v) is 18.7. The molecule has 1 amide bonds. The summed E-state index contributed by atoms with van der Waals surface area (Å²) >= 11 is 7.06. The van der Waals surface area contributed by atoms with Crippen molar-refractivity contribution in [2.24, 2.45) is 0 Å². The Balaban J connectivity index is 1.56. The molecule has 0 aliphatic rings. The van der Waals surface area contributed by atoms with Crippen LogP contribution < -0.4 is 14.9 Å². The maximum absolute atomic E-state index is 12.9. The monoisotopic (exact) mass is 452 g/mol. The topological polar surface area (TPSA) is 60.3 Å². The third-order valence-corrected chi connectivity index (χ3v) is 6.55. The number of benzene rings is 3. The van der Waals surface area contributed by atoms with Gasteiger partial charge in [0.15, 0.2) is 0 Å². The smallest absolute Gasteiger partial charge is 0.308 e. The second-order valence-electron chi connectivity index (χ2n) is 7.15. The number of methoxy groups -OCH3 is 1. The van der Waals surface area contributed by atoms with Crippen molar-refractivity contribution < 1.29 is 9.53 Å². The van der Waals surface area contributed by atoms with Crippen LogP contribution in [0.15, 0.2) is 65.5 Å². The van der Waals surface area contributed by atoms with E-state index in [0.717, 1.165) is 33.2 Å². The van der Waals surface area contributed by atoms with Crippen LogP contribution in [0.25, 0.3) is 10.8 Å². The van der Waals surface area contributed by atoms with E-state index in [2.05, 4.69) is 5.32 Å². The molecular weight excluding hydrogens is 432 g/mol. The fourth-order valence-electron chi connectivity index (χ4n) is 3.61. The molecule has 0 radical (unpaired) electrons. The van der Waals surface area contributed by atoms with Gasteiger partial charge < -0.3 is 10.1 Å². The number of halogens is 1. The van der Waals surface area contributed by atoms with Crippen molar-refractivity contribution in [1.82, 2.24) is 9.88 Å². The number of nitrogens with zero attached hydrogens (tertiary/aromatic N) is 1. The van der Waals surface area contributed by atoms with Gasteiger partial charge in [-0.25, -0.2) is 0 Å². The van der Waals surface area contributed by atoms with Crippen molar-refractivity contribution in [3.63, 3.8) is 0 Å². The molecule has 0 atom stereocenters. The lowest BCUT2D eigenvalue weighted by atomic mass is 10.0. The Kier molecular flexibility index (Phi) is 6.11. The summed E-state index contributed by atoms with van der Waals surface area (Å²) in [6.07, 6.45) is 0. The van der Waals surface area contributed by atoms with E-state index in [1.165, 1.54) is 0 Å². The van der Waals surface area contributed by atoms with Gasteiger partial charge in [0, 0.05) is 22.8 Å². The van der Waals surface area contributed by atoms with Crippen LogP contribution in [0.2, 0.25) is 5.02 Å². The van der Waals surface area contributed by atoms with Gasteiger partial charge in [0.05, 0.1) is 13.7 Å². The summed E-state index contributed by atoms with van der Waals surface area (Å²) in [6.45, 7) is 2.44. The highest BCUT2D eigenvalue weighted by atomic mass is 35.5. The Labute approximate surface area is 188 Å². The van der Waals surface area contributed by atoms with Crippen molar-refractivity contribution in [2.45, 2.75) is 20.0 Å². The summed E-state index contributed by atoms with van der Waals surface area (Å²) < 4.78 is 6.95. The average molecular weight is 453 g/mol. The van der Waals surface area contributed by atoms with Gasteiger partial charge in [-0.3, -0.25) is 14.2 Å². The lowest BCUT2D eigenvalue weighted by molar-refractivity contribution is 0.0954. The minimum atomic E-state index is -0.260. The second-order valence-corrected chi connectivity index (χ2v) is 8.54. The molecule has 158 valence electrons. The fourth-order valence-corrected chi connectivity index (χ4v) is 4.72. The lowest BCUT2D eigenvalue weighted by Gasteiger charge is -2.11. The molecule has 0 aliphatic heterocycles. The number of aromatic nitrogens is 1. The highest BCUT2D eigenvalue weighted by Crippen LogP contribution is 2.25. The number of ether oxygens (including phenoxy) is 1. The van der Waals surface area contributed by atoms with Crippen LogP contribution in [0.3, 0.4) is 0 Å². The molecule has 7 heteroatoms. The summed E-state index contributed by atoms with van der Waals surface area (Å²) in [6, 6.07) is 19.3. The first-order valence-corrected chi connectivity index (χ1v) is 10.9. The Bertz CT molecular complexity index is 1320. The maximum atomic E-state index is 12.9. The molecule has 1 aromatic heterocycles. The van der Waals surface area contributed by atoms with E-state index in [4.69, 9.17) is 16.3 Å². The third kappa shape index (κ3) is 4.36. The van der Waals surface area contributed by atoms with Gasteiger partial charge in [0.25, 0.3) is 5.91 Å². The van der Waals surface area contributed by atoms with Crippen LogP contribution in [0.1, 0.15) is 26.5 Å². The Hall–Kier alpha value is -3.09. The molecule has 1 heterocycles. The minimum absolute atomic E-state index is 0.199. The predicted molar refractivity (Wildman–Crippen MR) is 126 cm³/mol. The van der Waals surface area contributed by atoms with Crippen molar-refractivity contribution in [2.75, 3.05) is 7.11 Å². The molecule has 4 aromatic rings. The molecule has 4 rings (SSSR count). The highest BCUT2D eigenvalue weighted by molar-refractivity contribution is 7.11. The molecule has 0 bridgehead atoms. The molecule has 3 aromatic carbocycles. The number of carbonyl (C=O) groups excluding carboxylic acids is 1. The van der Waals surface area contributed by atoms with Crippen molar-refractivity contribution >= 4 is 39.6 Å². The van der Waals surface area contributed by atoms with Gasteiger partial charge in [0.1, 0.15) is 10.6 Å². The van der Waals surface area contributed by atoms with E-state index in [0.29, 0.717) is 27.9 Å². The number of amides is 1. The van der Waals surface area contributed by atoms with Crippen molar-refractivity contribution in [1.29, 1.82) is 0 Å². The van der Waals surface area contributed by atoms with Gasteiger partial charge in [-0.2, -0.15) is 0 Å².